The van der Waals surface area contributed by atoms with Gasteiger partial charge in [-0.05, 0) is 35.4 Å². The van der Waals surface area contributed by atoms with Gasteiger partial charge in [0, 0.05) is 16.2 Å². The van der Waals surface area contributed by atoms with Crippen LogP contribution < -0.4 is 0 Å². The molecule has 0 spiro atoms. The Balaban J connectivity index is 1.79. The van der Waals surface area contributed by atoms with Crippen LogP contribution in [0.5, 0.6) is 0 Å². The van der Waals surface area contributed by atoms with Crippen LogP contribution in [-0.2, 0) is 23.0 Å². The number of thiophene rings is 1. The fourth-order valence-corrected chi connectivity index (χ4v) is 4.79. The Bertz CT molecular complexity index is 1270. The number of hydrogen-bond acceptors (Lipinski definition) is 4. The average molecular weight is 482 g/mol. The van der Waals surface area contributed by atoms with E-state index in [0.29, 0.717) is 21.0 Å². The first kappa shape index (κ1) is 21.8. The highest BCUT2D eigenvalue weighted by atomic mass is 35.5. The van der Waals surface area contributed by atoms with Gasteiger partial charge in [-0.1, -0.05) is 59.1 Å². The summed E-state index contributed by atoms with van der Waals surface area (Å²) < 4.78 is 62.0. The molecular formula is C21H13ClF3N2O2S2-. The molecule has 4 rings (SSSR count). The summed E-state index contributed by atoms with van der Waals surface area (Å²) in [4.78, 5) is 7.52. The lowest BCUT2D eigenvalue weighted by atomic mass is 10.1. The van der Waals surface area contributed by atoms with E-state index in [2.05, 4.69) is 9.97 Å². The maximum absolute atomic E-state index is 13.4. The molecule has 0 saturated heterocycles. The molecule has 0 saturated carbocycles. The Morgan fingerprint density at radius 3 is 2.52 bits per heavy atom. The molecule has 0 amide bonds. The number of halogens is 4. The Morgan fingerprint density at radius 1 is 1.06 bits per heavy atom. The third kappa shape index (κ3) is 4.74. The van der Waals surface area contributed by atoms with Crippen molar-refractivity contribution < 1.29 is 21.9 Å². The Kier molecular flexibility index (Phi) is 6.02. The van der Waals surface area contributed by atoms with Crippen molar-refractivity contribution in [1.29, 1.82) is 0 Å². The lowest BCUT2D eigenvalue weighted by Crippen LogP contribution is -2.07. The maximum Gasteiger partial charge on any atom is 0.449 e. The lowest BCUT2D eigenvalue weighted by Gasteiger charge is -2.06. The number of nitrogens with one attached hydrogen (secondary N) is 1. The molecular weight excluding hydrogens is 469 g/mol. The number of alkyl halides is 3. The standard InChI is InChI=1S/C21H14ClF3N2O2S2/c22-15-7-2-1-6-14(15)18-19(27-20(26-18)21(23,24)25)17-9-8-16(30-17)13-5-3-4-12(10-13)11-31(28)29/h1-10H,11H2,(H,26,27)(H,28,29)/p-1. The second-order valence-corrected chi connectivity index (χ2v) is 8.99. The van der Waals surface area contributed by atoms with Crippen molar-refractivity contribution in [1.82, 2.24) is 9.97 Å². The largest absolute Gasteiger partial charge is 0.772 e. The highest BCUT2D eigenvalue weighted by Crippen LogP contribution is 2.42. The van der Waals surface area contributed by atoms with Gasteiger partial charge in [-0.25, -0.2) is 4.98 Å². The van der Waals surface area contributed by atoms with Gasteiger partial charge in [0.15, 0.2) is 0 Å². The number of rotatable bonds is 5. The smallest absolute Gasteiger partial charge is 0.449 e. The number of aromatic nitrogens is 2. The van der Waals surface area contributed by atoms with Gasteiger partial charge in [0.2, 0.25) is 5.82 Å². The number of imidazole rings is 1. The molecule has 160 valence electrons. The fraction of sp³-hybridized carbons (Fsp3) is 0.0952. The van der Waals surface area contributed by atoms with Crippen molar-refractivity contribution in [3.05, 3.63) is 77.1 Å². The molecule has 4 nitrogen and oxygen atoms in total. The van der Waals surface area contributed by atoms with Crippen LogP contribution >= 0.6 is 22.9 Å². The molecule has 1 atom stereocenters. The SMILES string of the molecule is O=S([O-])Cc1cccc(-c2ccc(-c3[nH]c(C(F)(F)F)nc3-c3ccccc3Cl)s2)c1. The van der Waals surface area contributed by atoms with E-state index >= 15 is 0 Å². The second kappa shape index (κ2) is 8.58. The van der Waals surface area contributed by atoms with Crippen molar-refractivity contribution >= 4 is 34.0 Å². The summed E-state index contributed by atoms with van der Waals surface area (Å²) >= 11 is 5.27. The zero-order chi connectivity index (χ0) is 22.2. The van der Waals surface area contributed by atoms with Crippen LogP contribution in [0.1, 0.15) is 11.4 Å². The molecule has 0 aliphatic heterocycles. The maximum atomic E-state index is 13.4. The Hall–Kier alpha value is -2.46. The fourth-order valence-electron chi connectivity index (χ4n) is 3.11. The van der Waals surface area contributed by atoms with Crippen LogP contribution in [0.4, 0.5) is 13.2 Å². The minimum absolute atomic E-state index is 0.113. The quantitative estimate of drug-likeness (QED) is 0.330. The highest BCUT2D eigenvalue weighted by molar-refractivity contribution is 7.78. The van der Waals surface area contributed by atoms with Gasteiger partial charge >= 0.3 is 6.18 Å². The third-order valence-corrected chi connectivity index (χ3v) is 6.50. The van der Waals surface area contributed by atoms with Gasteiger partial charge in [0.05, 0.1) is 21.3 Å². The van der Waals surface area contributed by atoms with Crippen molar-refractivity contribution in [3.63, 3.8) is 0 Å². The van der Waals surface area contributed by atoms with Gasteiger partial charge in [-0.15, -0.1) is 11.3 Å². The number of hydrogen-bond donors (Lipinski definition) is 1. The molecule has 0 fully saturated rings. The predicted octanol–water partition coefficient (Wildman–Crippen LogP) is 6.52. The van der Waals surface area contributed by atoms with Crippen LogP contribution in [0, 0.1) is 0 Å². The molecule has 2 aromatic carbocycles. The van der Waals surface area contributed by atoms with Gasteiger partial charge in [-0.3, -0.25) is 4.21 Å². The van der Waals surface area contributed by atoms with Crippen LogP contribution in [0.2, 0.25) is 5.02 Å². The van der Waals surface area contributed by atoms with Gasteiger partial charge in [0.1, 0.15) is 0 Å². The molecule has 1 unspecified atom stereocenters. The first-order valence-corrected chi connectivity index (χ1v) is 11.3. The van der Waals surface area contributed by atoms with Gasteiger partial charge in [0.25, 0.3) is 0 Å². The lowest BCUT2D eigenvalue weighted by molar-refractivity contribution is -0.144. The number of H-pyrrole nitrogens is 1. The van der Waals surface area contributed by atoms with Crippen molar-refractivity contribution in [3.8, 4) is 32.3 Å². The molecule has 2 heterocycles. The first-order valence-electron chi connectivity index (χ1n) is 8.90. The molecule has 10 heteroatoms. The van der Waals surface area contributed by atoms with Gasteiger partial charge in [-0.2, -0.15) is 13.2 Å². The summed E-state index contributed by atoms with van der Waals surface area (Å²) in [6.45, 7) is 0. The van der Waals surface area contributed by atoms with E-state index in [-0.39, 0.29) is 17.1 Å². The normalized spacial score (nSPS) is 12.8. The van der Waals surface area contributed by atoms with Gasteiger partial charge < -0.3 is 9.54 Å². The van der Waals surface area contributed by atoms with E-state index in [9.17, 15) is 21.9 Å². The molecule has 31 heavy (non-hydrogen) atoms. The molecule has 1 N–H and O–H groups in total. The molecule has 0 aliphatic carbocycles. The molecule has 0 radical (unpaired) electrons. The van der Waals surface area contributed by atoms with E-state index < -0.39 is 23.1 Å². The van der Waals surface area contributed by atoms with Crippen LogP contribution in [0.15, 0.2) is 60.7 Å². The zero-order valence-electron chi connectivity index (χ0n) is 15.6. The molecule has 4 aromatic rings. The Morgan fingerprint density at radius 2 is 1.81 bits per heavy atom. The third-order valence-electron chi connectivity index (χ3n) is 4.45. The summed E-state index contributed by atoms with van der Waals surface area (Å²) in [5.41, 5.74) is 2.11. The van der Waals surface area contributed by atoms with Crippen LogP contribution in [0.3, 0.4) is 0 Å². The van der Waals surface area contributed by atoms with E-state index in [1.54, 1.807) is 54.6 Å². The number of aromatic amines is 1. The number of nitrogens with zero attached hydrogens (tertiary/aromatic N) is 1. The van der Waals surface area contributed by atoms with E-state index in [0.717, 1.165) is 10.4 Å². The summed E-state index contributed by atoms with van der Waals surface area (Å²) in [7, 11) is 0. The van der Waals surface area contributed by atoms with Crippen LogP contribution in [-0.4, -0.2) is 18.7 Å². The molecule has 2 aromatic heterocycles. The molecule has 0 bridgehead atoms. The van der Waals surface area contributed by atoms with Crippen LogP contribution in [0.25, 0.3) is 32.3 Å². The first-order chi connectivity index (χ1) is 14.7. The summed E-state index contributed by atoms with van der Waals surface area (Å²) in [5.74, 6) is -1.22. The Labute approximate surface area is 187 Å². The van der Waals surface area contributed by atoms with E-state index in [4.69, 9.17) is 11.6 Å². The van der Waals surface area contributed by atoms with Crippen molar-refractivity contribution in [2.24, 2.45) is 0 Å². The average Bonchev–Trinajstić information content (AvgIpc) is 3.35. The van der Waals surface area contributed by atoms with Crippen molar-refractivity contribution in [2.75, 3.05) is 0 Å². The minimum Gasteiger partial charge on any atom is -0.772 e. The zero-order valence-corrected chi connectivity index (χ0v) is 18.0. The van der Waals surface area contributed by atoms with Crippen molar-refractivity contribution in [2.45, 2.75) is 11.9 Å². The highest BCUT2D eigenvalue weighted by Gasteiger charge is 2.36. The predicted molar refractivity (Wildman–Crippen MR) is 115 cm³/mol. The van der Waals surface area contributed by atoms with E-state index in [1.807, 2.05) is 6.07 Å². The van der Waals surface area contributed by atoms with E-state index in [1.165, 1.54) is 11.3 Å². The topological polar surface area (TPSA) is 68.8 Å². The minimum atomic E-state index is -4.64. The molecule has 0 aliphatic rings. The summed E-state index contributed by atoms with van der Waals surface area (Å²) in [6.07, 6.45) is -4.64. The summed E-state index contributed by atoms with van der Waals surface area (Å²) in [6, 6.07) is 17.1. The monoisotopic (exact) mass is 481 g/mol. The second-order valence-electron chi connectivity index (χ2n) is 6.60. The number of benzene rings is 2. The summed E-state index contributed by atoms with van der Waals surface area (Å²) in [5, 5.41) is 0.291.